The van der Waals surface area contributed by atoms with Crippen molar-refractivity contribution >= 4 is 29.3 Å². The van der Waals surface area contributed by atoms with Gasteiger partial charge in [-0.3, -0.25) is 4.79 Å². The molecule has 0 saturated heterocycles. The van der Waals surface area contributed by atoms with Crippen LogP contribution in [0.3, 0.4) is 0 Å². The number of amides is 1. The molecule has 0 spiro atoms. The third kappa shape index (κ3) is 4.64. The smallest absolute Gasteiger partial charge is 0.217 e. The molecule has 0 bridgehead atoms. The van der Waals surface area contributed by atoms with Crippen molar-refractivity contribution < 1.29 is 9.53 Å². The first-order valence-corrected chi connectivity index (χ1v) is 9.23. The molecule has 1 aliphatic carbocycles. The average molecular weight is 367 g/mol. The lowest BCUT2D eigenvalue weighted by atomic mass is 10.3. The van der Waals surface area contributed by atoms with Gasteiger partial charge < -0.3 is 15.0 Å². The minimum atomic E-state index is -0.315. The number of hydrogen-bond acceptors (Lipinski definition) is 5. The van der Waals surface area contributed by atoms with Crippen LogP contribution in [-0.2, 0) is 11.2 Å². The Morgan fingerprint density at radius 2 is 2.25 bits per heavy atom. The molecule has 1 fully saturated rings. The Morgan fingerprint density at radius 1 is 1.42 bits per heavy atom. The van der Waals surface area contributed by atoms with Crippen LogP contribution in [0.2, 0.25) is 5.02 Å². The molecule has 1 aliphatic rings. The highest BCUT2D eigenvalue weighted by atomic mass is 35.5. The maximum atomic E-state index is 11.0. The Labute approximate surface area is 149 Å². The summed E-state index contributed by atoms with van der Waals surface area (Å²) in [7, 11) is 0. The number of hydrogen-bond donors (Lipinski definition) is 1. The summed E-state index contributed by atoms with van der Waals surface area (Å²) in [5, 5.41) is 10.0. The van der Waals surface area contributed by atoms with E-state index in [0.29, 0.717) is 30.5 Å². The van der Waals surface area contributed by atoms with Crippen LogP contribution in [0.15, 0.2) is 29.4 Å². The SMILES string of the molecule is NC(=O)CCc1nnc(SCCOc2cccc(Cl)c2)n1C1CC1. The molecule has 1 aromatic heterocycles. The number of nitrogens with two attached hydrogens (primary N) is 1. The number of benzene rings is 1. The van der Waals surface area contributed by atoms with Crippen molar-refractivity contribution in [3.63, 3.8) is 0 Å². The van der Waals surface area contributed by atoms with Crippen LogP contribution >= 0.6 is 23.4 Å². The van der Waals surface area contributed by atoms with E-state index in [1.807, 2.05) is 18.2 Å². The Bertz CT molecular complexity index is 718. The summed E-state index contributed by atoms with van der Waals surface area (Å²) in [5.41, 5.74) is 5.23. The van der Waals surface area contributed by atoms with E-state index in [2.05, 4.69) is 14.8 Å². The second-order valence-electron chi connectivity index (χ2n) is 5.62. The predicted molar refractivity (Wildman–Crippen MR) is 93.5 cm³/mol. The zero-order valence-electron chi connectivity index (χ0n) is 13.2. The fourth-order valence-corrected chi connectivity index (χ4v) is 3.38. The maximum Gasteiger partial charge on any atom is 0.217 e. The summed E-state index contributed by atoms with van der Waals surface area (Å²) >= 11 is 7.54. The topological polar surface area (TPSA) is 83.0 Å². The molecule has 24 heavy (non-hydrogen) atoms. The number of carbonyl (C=O) groups is 1. The van der Waals surface area contributed by atoms with Gasteiger partial charge in [-0.15, -0.1) is 10.2 Å². The second kappa shape index (κ2) is 7.90. The first-order chi connectivity index (χ1) is 11.6. The molecule has 1 amide bonds. The van der Waals surface area contributed by atoms with Crippen LogP contribution in [0.1, 0.15) is 31.1 Å². The fourth-order valence-electron chi connectivity index (χ4n) is 2.36. The molecule has 1 saturated carbocycles. The largest absolute Gasteiger partial charge is 0.493 e. The number of primary amides is 1. The minimum Gasteiger partial charge on any atom is -0.493 e. The molecule has 128 valence electrons. The van der Waals surface area contributed by atoms with Crippen LogP contribution in [0.5, 0.6) is 5.75 Å². The number of halogens is 1. The number of nitrogens with zero attached hydrogens (tertiary/aromatic N) is 3. The van der Waals surface area contributed by atoms with Crippen molar-refractivity contribution in [2.24, 2.45) is 5.73 Å². The Hall–Kier alpha value is -1.73. The molecule has 2 aromatic rings. The number of rotatable bonds is 9. The molecule has 3 rings (SSSR count). The maximum absolute atomic E-state index is 11.0. The first kappa shape index (κ1) is 17.1. The molecule has 0 aliphatic heterocycles. The molecule has 8 heteroatoms. The van der Waals surface area contributed by atoms with Gasteiger partial charge in [0.15, 0.2) is 5.16 Å². The number of aromatic nitrogens is 3. The van der Waals surface area contributed by atoms with Crippen LogP contribution in [0.4, 0.5) is 0 Å². The van der Waals surface area contributed by atoms with Gasteiger partial charge in [-0.05, 0) is 31.0 Å². The molecule has 1 heterocycles. The summed E-state index contributed by atoms with van der Waals surface area (Å²) in [4.78, 5) is 11.0. The normalized spacial score (nSPS) is 13.9. The van der Waals surface area contributed by atoms with Gasteiger partial charge in [-0.2, -0.15) is 0 Å². The molecule has 0 radical (unpaired) electrons. The molecule has 0 unspecified atom stereocenters. The van der Waals surface area contributed by atoms with E-state index in [4.69, 9.17) is 22.1 Å². The number of aryl methyl sites for hydroxylation is 1. The van der Waals surface area contributed by atoms with E-state index in [0.717, 1.165) is 35.3 Å². The predicted octanol–water partition coefficient (Wildman–Crippen LogP) is 2.86. The summed E-state index contributed by atoms with van der Waals surface area (Å²) in [5.74, 6) is 2.04. The molecular formula is C16H19ClN4O2S. The van der Waals surface area contributed by atoms with Crippen molar-refractivity contribution in [2.75, 3.05) is 12.4 Å². The lowest BCUT2D eigenvalue weighted by molar-refractivity contribution is -0.118. The lowest BCUT2D eigenvalue weighted by Gasteiger charge is -2.09. The van der Waals surface area contributed by atoms with Crippen molar-refractivity contribution in [3.05, 3.63) is 35.1 Å². The van der Waals surface area contributed by atoms with Gasteiger partial charge in [0.1, 0.15) is 11.6 Å². The highest BCUT2D eigenvalue weighted by Gasteiger charge is 2.29. The molecule has 2 N–H and O–H groups in total. The number of ether oxygens (including phenoxy) is 1. The quantitative estimate of drug-likeness (QED) is 0.545. The van der Waals surface area contributed by atoms with Gasteiger partial charge in [0.25, 0.3) is 0 Å². The van der Waals surface area contributed by atoms with Gasteiger partial charge in [0, 0.05) is 29.7 Å². The van der Waals surface area contributed by atoms with Gasteiger partial charge in [-0.1, -0.05) is 29.4 Å². The first-order valence-electron chi connectivity index (χ1n) is 7.86. The monoisotopic (exact) mass is 366 g/mol. The Balaban J connectivity index is 1.54. The van der Waals surface area contributed by atoms with Gasteiger partial charge in [0.2, 0.25) is 5.91 Å². The minimum absolute atomic E-state index is 0.299. The zero-order chi connectivity index (χ0) is 16.9. The second-order valence-corrected chi connectivity index (χ2v) is 7.12. The van der Waals surface area contributed by atoms with Gasteiger partial charge in [0.05, 0.1) is 6.61 Å². The zero-order valence-corrected chi connectivity index (χ0v) is 14.7. The van der Waals surface area contributed by atoms with E-state index in [1.54, 1.807) is 17.8 Å². The van der Waals surface area contributed by atoms with Gasteiger partial charge >= 0.3 is 0 Å². The fraction of sp³-hybridized carbons (Fsp3) is 0.438. The van der Waals surface area contributed by atoms with E-state index < -0.39 is 0 Å². The van der Waals surface area contributed by atoms with Crippen LogP contribution in [0, 0.1) is 0 Å². The average Bonchev–Trinajstić information content (AvgIpc) is 3.30. The van der Waals surface area contributed by atoms with Crippen molar-refractivity contribution in [1.29, 1.82) is 0 Å². The summed E-state index contributed by atoms with van der Waals surface area (Å²) in [6, 6.07) is 7.81. The standard InChI is InChI=1S/C16H19ClN4O2S/c17-11-2-1-3-13(10-11)23-8-9-24-16-20-19-15(7-6-14(18)22)21(16)12-4-5-12/h1-3,10,12H,4-9H2,(H2,18,22). The van der Waals surface area contributed by atoms with E-state index in [-0.39, 0.29) is 5.91 Å². The highest BCUT2D eigenvalue weighted by molar-refractivity contribution is 7.99. The van der Waals surface area contributed by atoms with Crippen molar-refractivity contribution in [2.45, 2.75) is 36.9 Å². The Kier molecular flexibility index (Phi) is 5.63. The third-order valence-corrected chi connectivity index (χ3v) is 4.76. The van der Waals surface area contributed by atoms with E-state index in [1.165, 1.54) is 0 Å². The van der Waals surface area contributed by atoms with Gasteiger partial charge in [-0.25, -0.2) is 0 Å². The van der Waals surface area contributed by atoms with Crippen molar-refractivity contribution in [1.82, 2.24) is 14.8 Å². The number of thioether (sulfide) groups is 1. The van der Waals surface area contributed by atoms with E-state index >= 15 is 0 Å². The van der Waals surface area contributed by atoms with Crippen LogP contribution < -0.4 is 10.5 Å². The third-order valence-electron chi connectivity index (χ3n) is 3.62. The van der Waals surface area contributed by atoms with Crippen LogP contribution in [0.25, 0.3) is 0 Å². The Morgan fingerprint density at radius 3 is 2.96 bits per heavy atom. The summed E-state index contributed by atoms with van der Waals surface area (Å²) in [6.07, 6.45) is 3.11. The molecule has 0 atom stereocenters. The lowest BCUT2D eigenvalue weighted by Crippen LogP contribution is -2.13. The highest BCUT2D eigenvalue weighted by Crippen LogP contribution is 2.38. The number of carbonyl (C=O) groups excluding carboxylic acids is 1. The van der Waals surface area contributed by atoms with E-state index in [9.17, 15) is 4.79 Å². The van der Waals surface area contributed by atoms with Crippen LogP contribution in [-0.4, -0.2) is 33.0 Å². The molecule has 6 nitrogen and oxygen atoms in total. The summed E-state index contributed by atoms with van der Waals surface area (Å²) in [6.45, 7) is 0.555. The van der Waals surface area contributed by atoms with Crippen molar-refractivity contribution in [3.8, 4) is 5.75 Å². The molecular weight excluding hydrogens is 348 g/mol. The molecule has 1 aromatic carbocycles. The summed E-state index contributed by atoms with van der Waals surface area (Å²) < 4.78 is 7.83.